The van der Waals surface area contributed by atoms with E-state index in [0.717, 1.165) is 16.7 Å². The van der Waals surface area contributed by atoms with Gasteiger partial charge in [0.15, 0.2) is 0 Å². The predicted molar refractivity (Wildman–Crippen MR) is 73.4 cm³/mol. The zero-order valence-electron chi connectivity index (χ0n) is 10.1. The average molecular weight is 277 g/mol. The predicted octanol–water partition coefficient (Wildman–Crippen LogP) is 3.70. The van der Waals surface area contributed by atoms with Crippen LogP contribution in [0.3, 0.4) is 0 Å². The number of rotatable bonds is 2. The molecule has 2 aromatic carbocycles. The first kappa shape index (κ1) is 12.5. The van der Waals surface area contributed by atoms with Gasteiger partial charge in [0.1, 0.15) is 18.2 Å². The lowest BCUT2D eigenvalue weighted by molar-refractivity contribution is 0.436. The Morgan fingerprint density at radius 3 is 2.84 bits per heavy atom. The van der Waals surface area contributed by atoms with Crippen molar-refractivity contribution in [1.29, 1.82) is 0 Å². The van der Waals surface area contributed by atoms with E-state index in [0.29, 0.717) is 29.3 Å². The van der Waals surface area contributed by atoms with Gasteiger partial charge >= 0.3 is 0 Å². The number of benzene rings is 2. The van der Waals surface area contributed by atoms with E-state index in [2.05, 4.69) is 0 Å². The zero-order chi connectivity index (χ0) is 13.4. The maximum absolute atomic E-state index is 13.7. The Morgan fingerprint density at radius 1 is 1.21 bits per heavy atom. The smallest absolute Gasteiger partial charge is 0.140 e. The van der Waals surface area contributed by atoms with Crippen molar-refractivity contribution in [3.8, 4) is 16.9 Å². The van der Waals surface area contributed by atoms with Crippen LogP contribution in [-0.2, 0) is 13.0 Å². The van der Waals surface area contributed by atoms with Gasteiger partial charge in [0.2, 0.25) is 0 Å². The fourth-order valence-electron chi connectivity index (χ4n) is 2.33. The molecule has 2 aromatic rings. The van der Waals surface area contributed by atoms with Crippen LogP contribution in [0.5, 0.6) is 5.75 Å². The molecule has 19 heavy (non-hydrogen) atoms. The Bertz CT molecular complexity index is 642. The van der Waals surface area contributed by atoms with Crippen LogP contribution in [0.15, 0.2) is 30.3 Å². The number of hydrogen-bond donors (Lipinski definition) is 1. The monoisotopic (exact) mass is 276 g/mol. The van der Waals surface area contributed by atoms with Crippen molar-refractivity contribution < 1.29 is 9.13 Å². The Hall–Kier alpha value is -1.58. The standard InChI is InChI=1S/C15H12ClFNO/c16-11-2-1-10(8-18)13(6-11)14-7-12(17)5-9-3-4-19-15(9)14/h1-2,4-7H,3,8,18H2. The fourth-order valence-corrected chi connectivity index (χ4v) is 2.51. The van der Waals surface area contributed by atoms with E-state index in [1.165, 1.54) is 12.1 Å². The number of hydrogen-bond acceptors (Lipinski definition) is 2. The van der Waals surface area contributed by atoms with Crippen molar-refractivity contribution in [2.75, 3.05) is 0 Å². The molecule has 1 aliphatic heterocycles. The first-order chi connectivity index (χ1) is 9.19. The average Bonchev–Trinajstić information content (AvgIpc) is 2.85. The van der Waals surface area contributed by atoms with E-state index in [1.807, 2.05) is 6.07 Å². The molecular formula is C15H12ClFNO. The first-order valence-corrected chi connectivity index (χ1v) is 6.36. The number of fused-ring (bicyclic) bond motifs is 1. The van der Waals surface area contributed by atoms with Crippen LogP contribution in [0.25, 0.3) is 11.1 Å². The molecule has 3 rings (SSSR count). The molecule has 0 amide bonds. The van der Waals surface area contributed by atoms with Crippen LogP contribution < -0.4 is 10.5 Å². The largest absolute Gasteiger partial charge is 0.485 e. The highest BCUT2D eigenvalue weighted by molar-refractivity contribution is 6.30. The summed E-state index contributed by atoms with van der Waals surface area (Å²) in [4.78, 5) is 0. The number of halogens is 2. The van der Waals surface area contributed by atoms with Crippen molar-refractivity contribution in [2.45, 2.75) is 13.0 Å². The van der Waals surface area contributed by atoms with Crippen molar-refractivity contribution in [1.82, 2.24) is 0 Å². The topological polar surface area (TPSA) is 35.2 Å². The van der Waals surface area contributed by atoms with Gasteiger partial charge in [-0.3, -0.25) is 0 Å². The van der Waals surface area contributed by atoms with Crippen LogP contribution in [0.4, 0.5) is 4.39 Å². The van der Waals surface area contributed by atoms with Gasteiger partial charge in [-0.15, -0.1) is 0 Å². The summed E-state index contributed by atoms with van der Waals surface area (Å²) in [6.07, 6.45) is 0.610. The maximum atomic E-state index is 13.7. The van der Waals surface area contributed by atoms with Gasteiger partial charge in [-0.1, -0.05) is 17.7 Å². The molecular weight excluding hydrogens is 265 g/mol. The second-order valence-electron chi connectivity index (χ2n) is 4.44. The summed E-state index contributed by atoms with van der Waals surface area (Å²) in [6.45, 7) is 2.03. The van der Waals surface area contributed by atoms with E-state index in [9.17, 15) is 4.39 Å². The highest BCUT2D eigenvalue weighted by Crippen LogP contribution is 2.40. The van der Waals surface area contributed by atoms with E-state index in [1.54, 1.807) is 18.7 Å². The van der Waals surface area contributed by atoms with Gasteiger partial charge in [0.05, 0.1) is 0 Å². The fraction of sp³-hybridized carbons (Fsp3) is 0.133. The molecule has 0 atom stereocenters. The maximum Gasteiger partial charge on any atom is 0.140 e. The minimum Gasteiger partial charge on any atom is -0.485 e. The molecule has 0 saturated carbocycles. The second kappa shape index (κ2) is 4.83. The molecule has 1 aliphatic rings. The molecule has 1 radical (unpaired) electrons. The van der Waals surface area contributed by atoms with E-state index in [-0.39, 0.29) is 5.82 Å². The van der Waals surface area contributed by atoms with Crippen LogP contribution in [0.1, 0.15) is 11.1 Å². The molecule has 0 unspecified atom stereocenters. The third-order valence-corrected chi connectivity index (χ3v) is 3.45. The SMILES string of the molecule is NCc1ccc(Cl)cc1-c1cc(F)cc2c1O[CH]C2. The van der Waals surface area contributed by atoms with Gasteiger partial charge in [-0.05, 0) is 35.4 Å². The summed E-state index contributed by atoms with van der Waals surface area (Å²) in [5.41, 5.74) is 9.01. The van der Waals surface area contributed by atoms with Crippen molar-refractivity contribution in [3.63, 3.8) is 0 Å². The summed E-state index contributed by atoms with van der Waals surface area (Å²) in [5, 5.41) is 0.590. The lowest BCUT2D eigenvalue weighted by atomic mass is 9.96. The zero-order valence-corrected chi connectivity index (χ0v) is 10.9. The normalized spacial score (nSPS) is 13.2. The van der Waals surface area contributed by atoms with Crippen LogP contribution in [0.2, 0.25) is 5.02 Å². The molecule has 2 nitrogen and oxygen atoms in total. The van der Waals surface area contributed by atoms with E-state index < -0.39 is 0 Å². The molecule has 0 aromatic heterocycles. The third kappa shape index (κ3) is 2.20. The second-order valence-corrected chi connectivity index (χ2v) is 4.87. The Labute approximate surface area is 115 Å². The quantitative estimate of drug-likeness (QED) is 0.908. The highest BCUT2D eigenvalue weighted by Gasteiger charge is 2.21. The molecule has 0 saturated heterocycles. The van der Waals surface area contributed by atoms with Crippen LogP contribution in [-0.4, -0.2) is 0 Å². The molecule has 0 bridgehead atoms. The summed E-state index contributed by atoms with van der Waals surface area (Å²) in [5.74, 6) is 0.411. The third-order valence-electron chi connectivity index (χ3n) is 3.22. The Kier molecular flexibility index (Phi) is 3.17. The summed E-state index contributed by atoms with van der Waals surface area (Å²) in [7, 11) is 0. The van der Waals surface area contributed by atoms with Crippen LogP contribution in [0, 0.1) is 12.4 Å². The number of ether oxygens (including phenoxy) is 1. The minimum absolute atomic E-state index is 0.282. The van der Waals surface area contributed by atoms with Crippen molar-refractivity contribution in [3.05, 3.63) is 58.9 Å². The molecule has 0 fully saturated rings. The van der Waals surface area contributed by atoms with Gasteiger partial charge in [0, 0.05) is 29.1 Å². The van der Waals surface area contributed by atoms with Crippen molar-refractivity contribution in [2.24, 2.45) is 5.73 Å². The minimum atomic E-state index is -0.282. The molecule has 4 heteroatoms. The summed E-state index contributed by atoms with van der Waals surface area (Å²) in [6, 6.07) is 8.38. The van der Waals surface area contributed by atoms with Gasteiger partial charge in [0.25, 0.3) is 0 Å². The van der Waals surface area contributed by atoms with E-state index in [4.69, 9.17) is 22.1 Å². The first-order valence-electron chi connectivity index (χ1n) is 5.98. The molecule has 1 heterocycles. The Balaban J connectivity index is 2.25. The van der Waals surface area contributed by atoms with Gasteiger partial charge in [-0.2, -0.15) is 0 Å². The van der Waals surface area contributed by atoms with Crippen LogP contribution >= 0.6 is 11.6 Å². The molecule has 0 aliphatic carbocycles. The van der Waals surface area contributed by atoms with Crippen molar-refractivity contribution >= 4 is 11.6 Å². The van der Waals surface area contributed by atoms with Gasteiger partial charge in [-0.25, -0.2) is 4.39 Å². The molecule has 0 spiro atoms. The summed E-state index contributed by atoms with van der Waals surface area (Å²) < 4.78 is 19.2. The van der Waals surface area contributed by atoms with E-state index >= 15 is 0 Å². The lowest BCUT2D eigenvalue weighted by Crippen LogP contribution is -2.00. The Morgan fingerprint density at radius 2 is 2.05 bits per heavy atom. The molecule has 2 N–H and O–H groups in total. The highest BCUT2D eigenvalue weighted by atomic mass is 35.5. The molecule has 97 valence electrons. The lowest BCUT2D eigenvalue weighted by Gasteiger charge is -2.12. The van der Waals surface area contributed by atoms with Gasteiger partial charge < -0.3 is 10.5 Å². The summed E-state index contributed by atoms with van der Waals surface area (Å²) >= 11 is 6.03. The number of nitrogens with two attached hydrogens (primary N) is 1.